The van der Waals surface area contributed by atoms with Crippen LogP contribution in [-0.2, 0) is 6.61 Å². The Kier molecular flexibility index (Phi) is 3.95. The molecule has 0 unspecified atom stereocenters. The number of halogens is 2. The van der Waals surface area contributed by atoms with E-state index in [1.807, 2.05) is 0 Å². The van der Waals surface area contributed by atoms with Gasteiger partial charge in [0.1, 0.15) is 6.61 Å². The van der Waals surface area contributed by atoms with Gasteiger partial charge in [-0.3, -0.25) is 10.1 Å². The predicted molar refractivity (Wildman–Crippen MR) is 67.4 cm³/mol. The Morgan fingerprint density at radius 3 is 2.78 bits per heavy atom. The maximum Gasteiger partial charge on any atom is 0.311 e. The number of rotatable bonds is 4. The third kappa shape index (κ3) is 3.06. The summed E-state index contributed by atoms with van der Waals surface area (Å²) in [5, 5.41) is 19.0. The molecule has 0 spiro atoms. The Balaban J connectivity index is 2.17. The smallest absolute Gasteiger partial charge is 0.311 e. The minimum atomic E-state index is -0.543. The lowest BCUT2D eigenvalue weighted by atomic mass is 10.3. The van der Waals surface area contributed by atoms with Crippen LogP contribution in [0.2, 0.25) is 9.49 Å². The zero-order chi connectivity index (χ0) is 13.1. The molecular weight excluding hydrogens is 301 g/mol. The van der Waals surface area contributed by atoms with Gasteiger partial charge < -0.3 is 4.74 Å². The number of hydrogen-bond acceptors (Lipinski definition) is 6. The average Bonchev–Trinajstić information content (AvgIpc) is 2.72. The first kappa shape index (κ1) is 13.0. The summed E-state index contributed by atoms with van der Waals surface area (Å²) in [6.45, 7) is 0.0472. The van der Waals surface area contributed by atoms with Crippen molar-refractivity contribution in [2.24, 2.45) is 0 Å². The molecule has 1 aromatic carbocycles. The predicted octanol–water partition coefficient (Wildman–Crippen LogP) is 3.33. The van der Waals surface area contributed by atoms with Gasteiger partial charge in [-0.15, -0.1) is 10.2 Å². The standard InChI is InChI=1S/C9H5Cl2N3O3S/c10-5-1-2-6(14(15)16)7(3-5)17-4-8-12-13-9(11)18-8/h1-3H,4H2. The van der Waals surface area contributed by atoms with Crippen LogP contribution >= 0.6 is 34.5 Å². The van der Waals surface area contributed by atoms with Crippen molar-refractivity contribution >= 4 is 40.2 Å². The molecule has 1 aromatic heterocycles. The lowest BCUT2D eigenvalue weighted by Gasteiger charge is -2.04. The molecule has 0 atom stereocenters. The summed E-state index contributed by atoms with van der Waals surface area (Å²) >= 11 is 12.5. The summed E-state index contributed by atoms with van der Waals surface area (Å²) in [4.78, 5) is 10.2. The van der Waals surface area contributed by atoms with Crippen molar-refractivity contribution in [2.45, 2.75) is 6.61 Å². The molecule has 2 rings (SSSR count). The van der Waals surface area contributed by atoms with Crippen LogP contribution in [0.4, 0.5) is 5.69 Å². The first-order valence-corrected chi connectivity index (χ1v) is 6.18. The third-order valence-corrected chi connectivity index (χ3v) is 3.14. The normalized spacial score (nSPS) is 10.3. The van der Waals surface area contributed by atoms with Gasteiger partial charge in [0.15, 0.2) is 10.8 Å². The zero-order valence-corrected chi connectivity index (χ0v) is 11.0. The summed E-state index contributed by atoms with van der Waals surface area (Å²) in [5.74, 6) is 0.0822. The summed E-state index contributed by atoms with van der Waals surface area (Å²) in [6, 6.07) is 4.08. The highest BCUT2D eigenvalue weighted by Gasteiger charge is 2.16. The maximum absolute atomic E-state index is 10.8. The molecule has 1 heterocycles. The van der Waals surface area contributed by atoms with Gasteiger partial charge in [-0.05, 0) is 17.7 Å². The van der Waals surface area contributed by atoms with Crippen LogP contribution in [0.5, 0.6) is 5.75 Å². The molecule has 6 nitrogen and oxygen atoms in total. The summed E-state index contributed by atoms with van der Waals surface area (Å²) in [7, 11) is 0. The minimum Gasteiger partial charge on any atom is -0.479 e. The lowest BCUT2D eigenvalue weighted by Crippen LogP contribution is -1.98. The first-order chi connectivity index (χ1) is 8.56. The molecule has 0 N–H and O–H groups in total. The Morgan fingerprint density at radius 1 is 1.39 bits per heavy atom. The van der Waals surface area contributed by atoms with E-state index in [0.717, 1.165) is 11.3 Å². The number of benzene rings is 1. The number of hydrogen-bond donors (Lipinski definition) is 0. The SMILES string of the molecule is O=[N+]([O-])c1ccc(Cl)cc1OCc1nnc(Cl)s1. The van der Waals surface area contributed by atoms with E-state index in [1.54, 1.807) is 0 Å². The van der Waals surface area contributed by atoms with E-state index in [0.29, 0.717) is 10.0 Å². The molecule has 2 aromatic rings. The molecule has 0 aliphatic carbocycles. The van der Waals surface area contributed by atoms with E-state index >= 15 is 0 Å². The number of aromatic nitrogens is 2. The molecule has 0 fully saturated rings. The van der Waals surface area contributed by atoms with E-state index in [1.165, 1.54) is 18.2 Å². The molecule has 0 amide bonds. The van der Waals surface area contributed by atoms with Gasteiger partial charge in [-0.2, -0.15) is 0 Å². The number of nitro benzene ring substituents is 1. The van der Waals surface area contributed by atoms with Crippen molar-refractivity contribution in [1.29, 1.82) is 0 Å². The molecule has 9 heteroatoms. The Morgan fingerprint density at radius 2 is 2.17 bits per heavy atom. The van der Waals surface area contributed by atoms with Crippen LogP contribution in [0.15, 0.2) is 18.2 Å². The van der Waals surface area contributed by atoms with E-state index < -0.39 is 4.92 Å². The second-order valence-corrected chi connectivity index (χ2v) is 5.19. The fourth-order valence-corrected chi connectivity index (χ4v) is 2.13. The lowest BCUT2D eigenvalue weighted by molar-refractivity contribution is -0.385. The van der Waals surface area contributed by atoms with E-state index in [9.17, 15) is 10.1 Å². The van der Waals surface area contributed by atoms with Crippen molar-refractivity contribution in [3.8, 4) is 5.75 Å². The molecule has 0 saturated heterocycles. The number of nitro groups is 1. The fraction of sp³-hybridized carbons (Fsp3) is 0.111. The zero-order valence-electron chi connectivity index (χ0n) is 8.67. The molecule has 18 heavy (non-hydrogen) atoms. The second kappa shape index (κ2) is 5.47. The number of ether oxygens (including phenoxy) is 1. The molecule has 0 bridgehead atoms. The van der Waals surface area contributed by atoms with Crippen molar-refractivity contribution in [3.63, 3.8) is 0 Å². The molecule has 0 aliphatic heterocycles. The van der Waals surface area contributed by atoms with E-state index in [4.69, 9.17) is 27.9 Å². The van der Waals surface area contributed by atoms with Gasteiger partial charge >= 0.3 is 5.69 Å². The first-order valence-electron chi connectivity index (χ1n) is 4.61. The summed E-state index contributed by atoms with van der Waals surface area (Å²) in [6.07, 6.45) is 0. The van der Waals surface area contributed by atoms with Crippen molar-refractivity contribution in [2.75, 3.05) is 0 Å². The summed E-state index contributed by atoms with van der Waals surface area (Å²) in [5.41, 5.74) is -0.157. The molecule has 0 radical (unpaired) electrons. The fourth-order valence-electron chi connectivity index (χ4n) is 1.19. The van der Waals surface area contributed by atoms with Crippen LogP contribution in [0.3, 0.4) is 0 Å². The van der Waals surface area contributed by atoms with Gasteiger partial charge in [-0.25, -0.2) is 0 Å². The van der Waals surface area contributed by atoms with Crippen molar-refractivity contribution in [1.82, 2.24) is 10.2 Å². The quantitative estimate of drug-likeness (QED) is 0.639. The highest BCUT2D eigenvalue weighted by atomic mass is 35.5. The molecule has 94 valence electrons. The monoisotopic (exact) mass is 305 g/mol. The van der Waals surface area contributed by atoms with Crippen LogP contribution in [0, 0.1) is 10.1 Å². The average molecular weight is 306 g/mol. The topological polar surface area (TPSA) is 78.2 Å². The molecule has 0 saturated carbocycles. The van der Waals surface area contributed by atoms with Crippen LogP contribution < -0.4 is 4.74 Å². The van der Waals surface area contributed by atoms with Crippen LogP contribution in [0.25, 0.3) is 0 Å². The van der Waals surface area contributed by atoms with Crippen LogP contribution in [0.1, 0.15) is 5.01 Å². The Hall–Kier alpha value is -1.44. The van der Waals surface area contributed by atoms with Gasteiger partial charge in [0.05, 0.1) is 4.92 Å². The van der Waals surface area contributed by atoms with Gasteiger partial charge in [-0.1, -0.05) is 22.9 Å². The largest absolute Gasteiger partial charge is 0.479 e. The van der Waals surface area contributed by atoms with Gasteiger partial charge in [0, 0.05) is 17.2 Å². The minimum absolute atomic E-state index is 0.0472. The second-order valence-electron chi connectivity index (χ2n) is 3.11. The highest BCUT2D eigenvalue weighted by Crippen LogP contribution is 2.30. The third-order valence-electron chi connectivity index (χ3n) is 1.91. The van der Waals surface area contributed by atoms with Gasteiger partial charge in [0.2, 0.25) is 4.47 Å². The summed E-state index contributed by atoms with van der Waals surface area (Å²) < 4.78 is 5.59. The Bertz CT molecular complexity index is 590. The van der Waals surface area contributed by atoms with Gasteiger partial charge in [0.25, 0.3) is 0 Å². The number of nitrogens with zero attached hydrogens (tertiary/aromatic N) is 3. The van der Waals surface area contributed by atoms with E-state index in [-0.39, 0.29) is 22.5 Å². The molecular formula is C9H5Cl2N3O3S. The van der Waals surface area contributed by atoms with Crippen molar-refractivity contribution < 1.29 is 9.66 Å². The molecule has 0 aliphatic rings. The highest BCUT2D eigenvalue weighted by molar-refractivity contribution is 7.15. The van der Waals surface area contributed by atoms with Crippen molar-refractivity contribution in [3.05, 3.63) is 42.8 Å². The van der Waals surface area contributed by atoms with Crippen LogP contribution in [-0.4, -0.2) is 15.1 Å². The maximum atomic E-state index is 10.8. The Labute approximate surface area is 115 Å². The van der Waals surface area contributed by atoms with E-state index in [2.05, 4.69) is 10.2 Å².